The number of anilines is 1. The highest BCUT2D eigenvalue weighted by molar-refractivity contribution is 7.52. The molecule has 0 aliphatic rings. The average Bonchev–Trinajstić information content (AvgIpc) is 2.50. The third-order valence-electron chi connectivity index (χ3n) is 2.92. The van der Waals surface area contributed by atoms with Crippen molar-refractivity contribution < 1.29 is 27.9 Å². The molecule has 0 heterocycles. The van der Waals surface area contributed by atoms with Crippen molar-refractivity contribution in [3.8, 4) is 0 Å². The number of carbonyl (C=O) groups is 2. The lowest BCUT2D eigenvalue weighted by atomic mass is 10.2. The van der Waals surface area contributed by atoms with E-state index >= 15 is 0 Å². The van der Waals surface area contributed by atoms with Gasteiger partial charge in [0.15, 0.2) is 0 Å². The summed E-state index contributed by atoms with van der Waals surface area (Å²) in [6.07, 6.45) is 1.16. The molecule has 1 amide bonds. The molecule has 0 aromatic heterocycles. The molecule has 1 unspecified atom stereocenters. The average molecular weight is 357 g/mol. The summed E-state index contributed by atoms with van der Waals surface area (Å²) in [6, 6.07) is 6.65. The Bertz CT molecular complexity index is 604. The van der Waals surface area contributed by atoms with Crippen LogP contribution >= 0.6 is 7.60 Å². The maximum Gasteiger partial charge on any atom is 0.340 e. The number of ether oxygens (including phenoxy) is 1. The summed E-state index contributed by atoms with van der Waals surface area (Å²) in [5, 5.41) is 2.59. The monoisotopic (exact) mass is 357 g/mol. The quantitative estimate of drug-likeness (QED) is 0.392. The smallest absolute Gasteiger partial charge is 0.340 e. The van der Waals surface area contributed by atoms with E-state index in [1.807, 2.05) is 0 Å². The predicted octanol–water partition coefficient (Wildman–Crippen LogP) is 3.46. The number of carbonyl (C=O) groups excluding carboxylic acids is 2. The summed E-state index contributed by atoms with van der Waals surface area (Å²) >= 11 is 0. The minimum atomic E-state index is -2.98. The van der Waals surface area contributed by atoms with Crippen molar-refractivity contribution in [1.29, 1.82) is 0 Å². The second-order valence-electron chi connectivity index (χ2n) is 5.09. The molecule has 1 aromatic rings. The molecule has 8 heteroatoms. The number of unbranched alkanes of at least 4 members (excludes halogenated alkanes) is 1. The minimum Gasteiger partial charge on any atom is -0.462 e. The largest absolute Gasteiger partial charge is 0.462 e. The van der Waals surface area contributed by atoms with Gasteiger partial charge in [0.05, 0.1) is 31.1 Å². The third kappa shape index (κ3) is 7.73. The second kappa shape index (κ2) is 10.2. The highest BCUT2D eigenvalue weighted by atomic mass is 31.2. The van der Waals surface area contributed by atoms with Gasteiger partial charge in [-0.3, -0.25) is 9.36 Å². The zero-order valence-electron chi connectivity index (χ0n) is 14.2. The van der Waals surface area contributed by atoms with E-state index in [0.717, 1.165) is 0 Å². The first kappa shape index (κ1) is 20.4. The Morgan fingerprint density at radius 2 is 1.79 bits per heavy atom. The van der Waals surface area contributed by atoms with E-state index in [0.29, 0.717) is 30.7 Å². The van der Waals surface area contributed by atoms with Crippen molar-refractivity contribution in [3.05, 3.63) is 29.8 Å². The predicted molar refractivity (Wildman–Crippen MR) is 91.4 cm³/mol. The van der Waals surface area contributed by atoms with Gasteiger partial charge in [0, 0.05) is 13.6 Å². The Morgan fingerprint density at radius 3 is 2.46 bits per heavy atom. The molecule has 0 saturated carbocycles. The van der Waals surface area contributed by atoms with Crippen molar-refractivity contribution in [1.82, 2.24) is 0 Å². The molecule has 0 spiro atoms. The number of esters is 1. The fourth-order valence-corrected chi connectivity index (χ4v) is 2.91. The van der Waals surface area contributed by atoms with E-state index in [4.69, 9.17) is 13.8 Å². The first-order valence-electron chi connectivity index (χ1n) is 7.76. The summed E-state index contributed by atoms with van der Waals surface area (Å²) in [6.45, 7) is 5.36. The van der Waals surface area contributed by atoms with Crippen LogP contribution in [-0.4, -0.2) is 38.4 Å². The number of nitrogens with one attached hydrogen (secondary N) is 1. The van der Waals surface area contributed by atoms with Gasteiger partial charge in [-0.2, -0.15) is 0 Å². The molecule has 1 rings (SSSR count). The van der Waals surface area contributed by atoms with Crippen molar-refractivity contribution in [2.24, 2.45) is 0 Å². The Morgan fingerprint density at radius 1 is 1.12 bits per heavy atom. The van der Waals surface area contributed by atoms with Crippen LogP contribution in [0.15, 0.2) is 24.3 Å². The molecule has 0 bridgehead atoms. The summed E-state index contributed by atoms with van der Waals surface area (Å²) in [5.41, 5.74) is 0.723. The van der Waals surface area contributed by atoms with E-state index in [-0.39, 0.29) is 19.1 Å². The van der Waals surface area contributed by atoms with Crippen LogP contribution < -0.4 is 5.32 Å². The highest BCUT2D eigenvalue weighted by Gasteiger charge is 2.15. The molecule has 0 aliphatic carbocycles. The van der Waals surface area contributed by atoms with Crippen LogP contribution in [0.1, 0.15) is 37.0 Å². The number of hydrogen-bond acceptors (Lipinski definition) is 6. The molecule has 1 N–H and O–H groups in total. The first-order chi connectivity index (χ1) is 11.4. The number of benzene rings is 1. The van der Waals surface area contributed by atoms with Crippen molar-refractivity contribution >= 4 is 25.2 Å². The van der Waals surface area contributed by atoms with Crippen LogP contribution in [-0.2, 0) is 23.1 Å². The van der Waals surface area contributed by atoms with E-state index in [2.05, 4.69) is 5.32 Å². The molecular formula is C16H24NO6P. The van der Waals surface area contributed by atoms with Crippen LogP contribution in [0.2, 0.25) is 0 Å². The van der Waals surface area contributed by atoms with Crippen LogP contribution in [0.5, 0.6) is 0 Å². The number of rotatable bonds is 10. The lowest BCUT2D eigenvalue weighted by molar-refractivity contribution is -0.114. The van der Waals surface area contributed by atoms with Gasteiger partial charge in [-0.05, 0) is 31.9 Å². The van der Waals surface area contributed by atoms with Crippen molar-refractivity contribution in [2.75, 3.05) is 31.8 Å². The van der Waals surface area contributed by atoms with Gasteiger partial charge in [0.25, 0.3) is 0 Å². The Labute approximate surface area is 142 Å². The first-order valence-corrected chi connectivity index (χ1v) is 9.75. The van der Waals surface area contributed by atoms with Crippen molar-refractivity contribution in [2.45, 2.75) is 26.7 Å². The molecule has 1 aromatic carbocycles. The topological polar surface area (TPSA) is 90.9 Å². The zero-order valence-corrected chi connectivity index (χ0v) is 15.1. The Hall–Kier alpha value is -1.69. The zero-order chi connectivity index (χ0) is 18.0. The van der Waals surface area contributed by atoms with E-state index in [1.165, 1.54) is 13.6 Å². The Kier molecular flexibility index (Phi) is 8.68. The number of para-hydroxylation sites is 1. The van der Waals surface area contributed by atoms with Crippen LogP contribution in [0.4, 0.5) is 5.69 Å². The SMILES string of the molecule is CCOP(C)(=O)OCCCCOC(=O)c1ccccc1NC(C)=O. The van der Waals surface area contributed by atoms with Crippen LogP contribution in [0.3, 0.4) is 0 Å². The molecule has 1 atom stereocenters. The summed E-state index contributed by atoms with van der Waals surface area (Å²) in [5.74, 6) is -0.763. The van der Waals surface area contributed by atoms with Gasteiger partial charge in [-0.25, -0.2) is 4.79 Å². The maximum absolute atomic E-state index is 12.1. The lowest BCUT2D eigenvalue weighted by Gasteiger charge is -2.13. The van der Waals surface area contributed by atoms with E-state index < -0.39 is 13.6 Å². The standard InChI is InChI=1S/C16H24NO6P/c1-4-22-24(3,20)23-12-8-7-11-21-16(19)14-9-5-6-10-15(14)17-13(2)18/h5-6,9-10H,4,7-8,11-12H2,1-3H3,(H,17,18). The van der Waals surface area contributed by atoms with Gasteiger partial charge < -0.3 is 19.1 Å². The molecule has 0 radical (unpaired) electrons. The summed E-state index contributed by atoms with van der Waals surface area (Å²) < 4.78 is 27.0. The van der Waals surface area contributed by atoms with E-state index in [9.17, 15) is 14.2 Å². The fourth-order valence-electron chi connectivity index (χ4n) is 1.91. The lowest BCUT2D eigenvalue weighted by Crippen LogP contribution is -2.13. The van der Waals surface area contributed by atoms with Gasteiger partial charge in [-0.1, -0.05) is 12.1 Å². The fraction of sp³-hybridized carbons (Fsp3) is 0.500. The Balaban J connectivity index is 2.35. The molecule has 0 saturated heterocycles. The summed E-state index contributed by atoms with van der Waals surface area (Å²) in [7, 11) is -2.98. The maximum atomic E-state index is 12.1. The van der Waals surface area contributed by atoms with Gasteiger partial charge in [-0.15, -0.1) is 0 Å². The highest BCUT2D eigenvalue weighted by Crippen LogP contribution is 2.43. The molecule has 134 valence electrons. The molecule has 7 nitrogen and oxygen atoms in total. The van der Waals surface area contributed by atoms with Crippen LogP contribution in [0.25, 0.3) is 0 Å². The van der Waals surface area contributed by atoms with E-state index in [1.54, 1.807) is 31.2 Å². The van der Waals surface area contributed by atoms with Crippen molar-refractivity contribution in [3.63, 3.8) is 0 Å². The van der Waals surface area contributed by atoms with Gasteiger partial charge in [0.1, 0.15) is 0 Å². The molecule has 24 heavy (non-hydrogen) atoms. The normalized spacial score (nSPS) is 13.1. The third-order valence-corrected chi connectivity index (χ3v) is 4.30. The minimum absolute atomic E-state index is 0.208. The molecular weight excluding hydrogens is 333 g/mol. The summed E-state index contributed by atoms with van der Waals surface area (Å²) in [4.78, 5) is 23.2. The number of hydrogen-bond donors (Lipinski definition) is 1. The van der Waals surface area contributed by atoms with Crippen LogP contribution in [0, 0.1) is 0 Å². The number of amides is 1. The van der Waals surface area contributed by atoms with Gasteiger partial charge in [0.2, 0.25) is 5.91 Å². The molecule has 0 fully saturated rings. The van der Waals surface area contributed by atoms with Gasteiger partial charge >= 0.3 is 13.6 Å². The second-order valence-corrected chi connectivity index (χ2v) is 7.15. The molecule has 0 aliphatic heterocycles.